The predicted molar refractivity (Wildman–Crippen MR) is 54.5 cm³/mol. The summed E-state index contributed by atoms with van der Waals surface area (Å²) in [5.74, 6) is -21.9. The van der Waals surface area contributed by atoms with Gasteiger partial charge in [-0.05, 0) is 22.6 Å². The first-order chi connectivity index (χ1) is 9.43. The molecule has 0 aromatic heterocycles. The van der Waals surface area contributed by atoms with Crippen molar-refractivity contribution in [2.45, 2.75) is 46.6 Å². The van der Waals surface area contributed by atoms with E-state index in [2.05, 4.69) is 0 Å². The fourth-order valence-electron chi connectivity index (χ4n) is 1.06. The molecule has 0 nitrogen and oxygen atoms in total. The predicted octanol–water partition coefficient (Wildman–Crippen LogP) is 5.20. The van der Waals surface area contributed by atoms with Gasteiger partial charge in [-0.2, -0.15) is 39.5 Å². The lowest BCUT2D eigenvalue weighted by Crippen LogP contribution is -2.65. The van der Waals surface area contributed by atoms with Gasteiger partial charge in [0.15, 0.2) is 16.5 Å². The summed E-state index contributed by atoms with van der Waals surface area (Å²) in [7, 11) is 0. The highest BCUT2D eigenvalue weighted by atomic mass is 127. The average molecular weight is 474 g/mol. The van der Waals surface area contributed by atoms with Crippen LogP contribution in [-0.2, 0) is 0 Å². The van der Waals surface area contributed by atoms with Crippen LogP contribution in [0.2, 0.25) is 0 Å². The zero-order chi connectivity index (χ0) is 18.3. The second kappa shape index (κ2) is 6.37. The standard InChI is InChI=1S/C8H4F13I/c9-1(2(10)4(12)22)3(11)5(13,14)6(15,16)7(17,18)8(19,20)21/h1-4H. The minimum absolute atomic E-state index is 0.386. The number of hydrogen-bond donors (Lipinski definition) is 0. The van der Waals surface area contributed by atoms with Crippen molar-refractivity contribution in [3.8, 4) is 0 Å². The highest BCUT2D eigenvalue weighted by Crippen LogP contribution is 2.55. The molecule has 0 saturated carbocycles. The Bertz CT molecular complexity index is 375. The number of alkyl halides is 14. The number of rotatable bonds is 6. The molecule has 0 amide bonds. The van der Waals surface area contributed by atoms with E-state index in [4.69, 9.17) is 0 Å². The summed E-state index contributed by atoms with van der Waals surface area (Å²) in [5, 5.41) is 0. The SMILES string of the molecule is FC(I)C(F)C(F)C(F)C(F)(F)C(F)(F)C(F)(F)C(F)(F)F. The Hall–Kier alpha value is -0.180. The third kappa shape index (κ3) is 3.49. The van der Waals surface area contributed by atoms with Crippen LogP contribution in [0.3, 0.4) is 0 Å². The second-order valence-corrected chi connectivity index (χ2v) is 5.08. The van der Waals surface area contributed by atoms with Crippen LogP contribution in [0.25, 0.3) is 0 Å². The van der Waals surface area contributed by atoms with Crippen molar-refractivity contribution in [3.63, 3.8) is 0 Å². The smallest absolute Gasteiger partial charge is 0.241 e. The van der Waals surface area contributed by atoms with E-state index in [1.54, 1.807) is 0 Å². The molecule has 134 valence electrons. The first kappa shape index (κ1) is 21.8. The summed E-state index contributed by atoms with van der Waals surface area (Å²) in [5.41, 5.74) is 0. The molecule has 0 aliphatic heterocycles. The average Bonchev–Trinajstić information content (AvgIpc) is 2.33. The van der Waals surface area contributed by atoms with Crippen molar-refractivity contribution >= 4 is 22.6 Å². The van der Waals surface area contributed by atoms with E-state index in [0.29, 0.717) is 22.6 Å². The van der Waals surface area contributed by atoms with Crippen molar-refractivity contribution in [2.75, 3.05) is 0 Å². The summed E-state index contributed by atoms with van der Waals surface area (Å²) in [6.07, 6.45) is -20.6. The molecule has 0 rings (SSSR count). The molecule has 0 aliphatic carbocycles. The van der Waals surface area contributed by atoms with Crippen molar-refractivity contribution < 1.29 is 57.1 Å². The van der Waals surface area contributed by atoms with Gasteiger partial charge in [-0.15, -0.1) is 0 Å². The fraction of sp³-hybridized carbons (Fsp3) is 1.00. The summed E-state index contributed by atoms with van der Waals surface area (Å²) in [6.45, 7) is 0. The minimum atomic E-state index is -7.45. The highest BCUT2D eigenvalue weighted by molar-refractivity contribution is 14.1. The van der Waals surface area contributed by atoms with E-state index < -0.39 is 46.6 Å². The molecule has 0 fully saturated rings. The van der Waals surface area contributed by atoms with Gasteiger partial charge >= 0.3 is 23.9 Å². The molecule has 22 heavy (non-hydrogen) atoms. The van der Waals surface area contributed by atoms with Gasteiger partial charge in [0, 0.05) is 0 Å². The molecule has 0 aromatic rings. The summed E-state index contributed by atoms with van der Waals surface area (Å²) < 4.78 is 159. The Morgan fingerprint density at radius 2 is 0.955 bits per heavy atom. The lowest BCUT2D eigenvalue weighted by atomic mass is 9.96. The van der Waals surface area contributed by atoms with Crippen LogP contribution in [0.5, 0.6) is 0 Å². The monoisotopic (exact) mass is 474 g/mol. The van der Waals surface area contributed by atoms with Gasteiger partial charge in [0.05, 0.1) is 0 Å². The molecule has 0 radical (unpaired) electrons. The van der Waals surface area contributed by atoms with E-state index in [-0.39, 0.29) is 0 Å². The third-order valence-electron chi connectivity index (χ3n) is 2.34. The van der Waals surface area contributed by atoms with E-state index in [0.717, 1.165) is 0 Å². The summed E-state index contributed by atoms with van der Waals surface area (Å²) >= 11 is 0.386. The van der Waals surface area contributed by atoms with Gasteiger partial charge < -0.3 is 0 Å². The Kier molecular flexibility index (Phi) is 6.32. The van der Waals surface area contributed by atoms with Crippen molar-refractivity contribution in [2.24, 2.45) is 0 Å². The molecule has 14 heteroatoms. The lowest BCUT2D eigenvalue weighted by Gasteiger charge is -2.36. The summed E-state index contributed by atoms with van der Waals surface area (Å²) in [6, 6.07) is 0. The van der Waals surface area contributed by atoms with Gasteiger partial charge in [-0.3, -0.25) is 0 Å². The highest BCUT2D eigenvalue weighted by Gasteiger charge is 2.84. The van der Waals surface area contributed by atoms with Crippen LogP contribution in [0.1, 0.15) is 0 Å². The maximum atomic E-state index is 12.9. The number of halogens is 14. The van der Waals surface area contributed by atoms with Crippen LogP contribution in [0.15, 0.2) is 0 Å². The van der Waals surface area contributed by atoms with Gasteiger partial charge in [-0.1, -0.05) is 0 Å². The molecular weight excluding hydrogens is 470 g/mol. The molecule has 0 spiro atoms. The normalized spacial score (nSPS) is 20.5. The molecule has 0 aliphatic rings. The van der Waals surface area contributed by atoms with E-state index in [9.17, 15) is 57.1 Å². The molecule has 4 unspecified atom stereocenters. The molecule has 0 bridgehead atoms. The van der Waals surface area contributed by atoms with Crippen molar-refractivity contribution in [1.82, 2.24) is 0 Å². The van der Waals surface area contributed by atoms with Crippen LogP contribution >= 0.6 is 22.6 Å². The Balaban J connectivity index is 5.71. The summed E-state index contributed by atoms with van der Waals surface area (Å²) in [4.78, 5) is 0. The van der Waals surface area contributed by atoms with Gasteiger partial charge in [-0.25, -0.2) is 17.6 Å². The van der Waals surface area contributed by atoms with Crippen molar-refractivity contribution in [1.29, 1.82) is 0 Å². The Labute approximate surface area is 127 Å². The molecule has 0 heterocycles. The van der Waals surface area contributed by atoms with E-state index in [1.165, 1.54) is 0 Å². The molecular formula is C8H4F13I. The van der Waals surface area contributed by atoms with Crippen LogP contribution in [0.4, 0.5) is 57.1 Å². The number of hydrogen-bond acceptors (Lipinski definition) is 0. The van der Waals surface area contributed by atoms with Gasteiger partial charge in [0.25, 0.3) is 0 Å². The first-order valence-electron chi connectivity index (χ1n) is 4.83. The van der Waals surface area contributed by atoms with Gasteiger partial charge in [0.1, 0.15) is 0 Å². The van der Waals surface area contributed by atoms with E-state index in [1.807, 2.05) is 0 Å². The maximum Gasteiger partial charge on any atom is 0.460 e. The molecule has 0 aromatic carbocycles. The zero-order valence-corrected chi connectivity index (χ0v) is 11.8. The second-order valence-electron chi connectivity index (χ2n) is 3.89. The molecule has 0 saturated heterocycles. The third-order valence-corrected chi connectivity index (χ3v) is 3.03. The lowest BCUT2D eigenvalue weighted by molar-refractivity contribution is -0.405. The van der Waals surface area contributed by atoms with E-state index >= 15 is 0 Å². The molecule has 0 N–H and O–H groups in total. The van der Waals surface area contributed by atoms with Crippen LogP contribution in [0, 0.1) is 0 Å². The minimum Gasteiger partial charge on any atom is -0.241 e. The first-order valence-corrected chi connectivity index (χ1v) is 6.08. The van der Waals surface area contributed by atoms with Crippen molar-refractivity contribution in [3.05, 3.63) is 0 Å². The zero-order valence-electron chi connectivity index (χ0n) is 9.60. The largest absolute Gasteiger partial charge is 0.460 e. The van der Waals surface area contributed by atoms with Crippen LogP contribution < -0.4 is 0 Å². The van der Waals surface area contributed by atoms with Gasteiger partial charge in [0.2, 0.25) is 6.17 Å². The maximum absolute atomic E-state index is 12.9. The fourth-order valence-corrected chi connectivity index (χ4v) is 1.46. The quantitative estimate of drug-likeness (QED) is 0.282. The Morgan fingerprint density at radius 3 is 1.23 bits per heavy atom. The van der Waals surface area contributed by atoms with Crippen LogP contribution in [-0.4, -0.2) is 46.6 Å². The topological polar surface area (TPSA) is 0 Å². The Morgan fingerprint density at radius 1 is 0.591 bits per heavy atom. The molecule has 4 atom stereocenters.